The zero-order valence-electron chi connectivity index (χ0n) is 22.1. The molecule has 2 aromatic heterocycles. The van der Waals surface area contributed by atoms with Gasteiger partial charge in [0.1, 0.15) is 22.9 Å². The summed E-state index contributed by atoms with van der Waals surface area (Å²) in [6.07, 6.45) is 1.33. The normalized spacial score (nSPS) is 17.8. The Bertz CT molecular complexity index is 1440. The first-order chi connectivity index (χ1) is 17.7. The number of benzene rings is 1. The van der Waals surface area contributed by atoms with E-state index < -0.39 is 47.0 Å². The molecule has 11 heteroatoms. The SMILES string of the molecule is CC(=NC(=O)c1ccn2c3c(nc2c1)C[C@H](c1cc(F)c(F)cc1F)[C@@H](NC(=O)OC(C)(C)C)C3)N(C)C. The van der Waals surface area contributed by atoms with Crippen molar-refractivity contribution in [2.45, 2.75) is 58.1 Å². The van der Waals surface area contributed by atoms with Crippen molar-refractivity contribution in [3.63, 3.8) is 0 Å². The molecule has 3 aromatic rings. The number of nitrogens with one attached hydrogen (secondary N) is 1. The Morgan fingerprint density at radius 1 is 1.11 bits per heavy atom. The zero-order valence-corrected chi connectivity index (χ0v) is 22.1. The average Bonchev–Trinajstić information content (AvgIpc) is 3.16. The molecule has 1 aromatic carbocycles. The van der Waals surface area contributed by atoms with Gasteiger partial charge in [0.05, 0.1) is 5.69 Å². The Balaban J connectivity index is 1.74. The van der Waals surface area contributed by atoms with Gasteiger partial charge in [0.25, 0.3) is 5.91 Å². The highest BCUT2D eigenvalue weighted by molar-refractivity contribution is 6.03. The van der Waals surface area contributed by atoms with Crippen molar-refractivity contribution >= 4 is 23.5 Å². The largest absolute Gasteiger partial charge is 0.444 e. The summed E-state index contributed by atoms with van der Waals surface area (Å²) in [5, 5.41) is 2.78. The van der Waals surface area contributed by atoms with E-state index in [-0.39, 0.29) is 18.4 Å². The summed E-state index contributed by atoms with van der Waals surface area (Å²) >= 11 is 0. The van der Waals surface area contributed by atoms with E-state index in [2.05, 4.69) is 15.3 Å². The number of alkyl carbamates (subject to hydrolysis) is 1. The molecule has 0 spiro atoms. The summed E-state index contributed by atoms with van der Waals surface area (Å²) in [5.74, 6) is -4.02. The smallest absolute Gasteiger partial charge is 0.407 e. The van der Waals surface area contributed by atoms with Crippen molar-refractivity contribution in [3.05, 3.63) is 70.4 Å². The number of amides is 2. The highest BCUT2D eigenvalue weighted by Crippen LogP contribution is 2.35. The number of hydrogen-bond donors (Lipinski definition) is 1. The van der Waals surface area contributed by atoms with Crippen LogP contribution in [0.4, 0.5) is 18.0 Å². The van der Waals surface area contributed by atoms with Gasteiger partial charge in [-0.15, -0.1) is 0 Å². The van der Waals surface area contributed by atoms with E-state index in [4.69, 9.17) is 4.74 Å². The topological polar surface area (TPSA) is 88.3 Å². The van der Waals surface area contributed by atoms with Gasteiger partial charge >= 0.3 is 6.09 Å². The fraction of sp³-hybridized carbons (Fsp3) is 0.407. The minimum Gasteiger partial charge on any atom is -0.444 e. The first kappa shape index (κ1) is 27.2. The van der Waals surface area contributed by atoms with Crippen LogP contribution in [-0.4, -0.2) is 57.9 Å². The molecule has 8 nitrogen and oxygen atoms in total. The average molecular weight is 530 g/mol. The maximum absolute atomic E-state index is 14.9. The second-order valence-electron chi connectivity index (χ2n) is 10.6. The quantitative estimate of drug-likeness (QED) is 0.303. The molecule has 0 radical (unpaired) electrons. The molecule has 0 unspecified atom stereocenters. The van der Waals surface area contributed by atoms with Crippen molar-refractivity contribution in [3.8, 4) is 0 Å². The lowest BCUT2D eigenvalue weighted by Crippen LogP contribution is -2.46. The summed E-state index contributed by atoms with van der Waals surface area (Å²) in [6, 6.07) is 3.85. The zero-order chi connectivity index (χ0) is 27.9. The van der Waals surface area contributed by atoms with Crippen molar-refractivity contribution in [1.29, 1.82) is 0 Å². The fourth-order valence-corrected chi connectivity index (χ4v) is 4.43. The predicted octanol–water partition coefficient (Wildman–Crippen LogP) is 4.65. The third-order valence-corrected chi connectivity index (χ3v) is 6.42. The second kappa shape index (κ2) is 10.1. The molecule has 38 heavy (non-hydrogen) atoms. The summed E-state index contributed by atoms with van der Waals surface area (Å²) in [6.45, 7) is 6.86. The first-order valence-electron chi connectivity index (χ1n) is 12.1. The van der Waals surface area contributed by atoms with Gasteiger partial charge < -0.3 is 19.4 Å². The maximum atomic E-state index is 14.9. The molecule has 1 aliphatic rings. The Hall–Kier alpha value is -3.89. The summed E-state index contributed by atoms with van der Waals surface area (Å²) in [5.41, 5.74) is 1.31. The van der Waals surface area contributed by atoms with Crippen molar-refractivity contribution in [1.82, 2.24) is 19.6 Å². The molecule has 0 bridgehead atoms. The van der Waals surface area contributed by atoms with Crippen LogP contribution in [0.15, 0.2) is 35.5 Å². The van der Waals surface area contributed by atoms with E-state index in [0.29, 0.717) is 28.8 Å². The number of amidine groups is 1. The second-order valence-corrected chi connectivity index (χ2v) is 10.6. The molecule has 2 amide bonds. The van der Waals surface area contributed by atoms with Crippen LogP contribution in [0.3, 0.4) is 0 Å². The lowest BCUT2D eigenvalue weighted by Gasteiger charge is -2.33. The van der Waals surface area contributed by atoms with Gasteiger partial charge in [0.15, 0.2) is 11.6 Å². The number of fused-ring (bicyclic) bond motifs is 3. The molecule has 0 fully saturated rings. The van der Waals surface area contributed by atoms with Crippen LogP contribution in [0, 0.1) is 17.5 Å². The molecule has 0 saturated carbocycles. The van der Waals surface area contributed by atoms with Crippen molar-refractivity contribution in [2.75, 3.05) is 14.1 Å². The van der Waals surface area contributed by atoms with Crippen LogP contribution in [0.2, 0.25) is 0 Å². The molecular weight excluding hydrogens is 499 g/mol. The number of halogens is 3. The highest BCUT2D eigenvalue weighted by atomic mass is 19.2. The van der Waals surface area contributed by atoms with Gasteiger partial charge in [-0.25, -0.2) is 22.9 Å². The van der Waals surface area contributed by atoms with Crippen LogP contribution >= 0.6 is 0 Å². The van der Waals surface area contributed by atoms with Gasteiger partial charge in [-0.3, -0.25) is 4.79 Å². The Kier molecular flexibility index (Phi) is 7.22. The number of carbonyl (C=O) groups is 2. The molecule has 1 aliphatic carbocycles. The van der Waals surface area contributed by atoms with Crippen LogP contribution < -0.4 is 5.32 Å². The van der Waals surface area contributed by atoms with E-state index in [1.165, 1.54) is 0 Å². The summed E-state index contributed by atoms with van der Waals surface area (Å²) in [7, 11) is 3.57. The van der Waals surface area contributed by atoms with E-state index in [0.717, 1.165) is 11.8 Å². The number of ether oxygens (including phenoxy) is 1. The van der Waals surface area contributed by atoms with Crippen LogP contribution in [0.1, 0.15) is 60.9 Å². The fourth-order valence-electron chi connectivity index (χ4n) is 4.43. The minimum absolute atomic E-state index is 0.0722. The molecule has 202 valence electrons. The lowest BCUT2D eigenvalue weighted by molar-refractivity contribution is 0.0492. The maximum Gasteiger partial charge on any atom is 0.407 e. The van der Waals surface area contributed by atoms with Crippen LogP contribution in [0.5, 0.6) is 0 Å². The number of carbonyl (C=O) groups excluding carboxylic acids is 2. The standard InChI is InChI=1S/C27H30F3N5O3/c1-14(34(5)6)31-25(36)15-7-8-35-23-13-21(33-26(37)38-27(2,3)4)17(11-22(23)32-24(35)9-15)16-10-19(29)20(30)12-18(16)28/h7-10,12,17,21H,11,13H2,1-6H3,(H,33,37)/t17-,21+/m1/s1. The molecular formula is C27H30F3N5O3. The van der Waals surface area contributed by atoms with E-state index >= 15 is 0 Å². The van der Waals surface area contributed by atoms with E-state index in [9.17, 15) is 22.8 Å². The summed E-state index contributed by atoms with van der Waals surface area (Å²) < 4.78 is 49.8. The Morgan fingerprint density at radius 3 is 2.45 bits per heavy atom. The van der Waals surface area contributed by atoms with E-state index in [1.807, 2.05) is 0 Å². The lowest BCUT2D eigenvalue weighted by atomic mass is 9.80. The van der Waals surface area contributed by atoms with Gasteiger partial charge in [-0.1, -0.05) is 0 Å². The number of nitrogens with zero attached hydrogens (tertiary/aromatic N) is 4. The highest BCUT2D eigenvalue weighted by Gasteiger charge is 2.36. The van der Waals surface area contributed by atoms with Crippen molar-refractivity contribution < 1.29 is 27.5 Å². The Morgan fingerprint density at radius 2 is 1.79 bits per heavy atom. The van der Waals surface area contributed by atoms with Crippen molar-refractivity contribution in [2.24, 2.45) is 4.99 Å². The number of imidazole rings is 1. The van der Waals surface area contributed by atoms with Gasteiger partial charge in [-0.05, 0) is 51.5 Å². The third-order valence-electron chi connectivity index (χ3n) is 6.42. The number of aliphatic imine (C=N–C) groups is 1. The summed E-state index contributed by atoms with van der Waals surface area (Å²) in [4.78, 5) is 35.7. The van der Waals surface area contributed by atoms with Gasteiger partial charge in [0.2, 0.25) is 0 Å². The molecule has 1 N–H and O–H groups in total. The molecule has 2 heterocycles. The van der Waals surface area contributed by atoms with Crippen LogP contribution in [-0.2, 0) is 17.6 Å². The number of hydrogen-bond acceptors (Lipinski definition) is 4. The number of rotatable bonds is 3. The first-order valence-corrected chi connectivity index (χ1v) is 12.1. The Labute approximate surface area is 218 Å². The third kappa shape index (κ3) is 5.66. The molecule has 0 aliphatic heterocycles. The molecule has 4 rings (SSSR count). The van der Waals surface area contributed by atoms with Gasteiger partial charge in [-0.2, -0.15) is 4.99 Å². The number of aromatic nitrogens is 2. The molecule has 2 atom stereocenters. The number of pyridine rings is 1. The van der Waals surface area contributed by atoms with Gasteiger partial charge in [0, 0.05) is 62.4 Å². The minimum atomic E-state index is -1.29. The monoisotopic (exact) mass is 529 g/mol. The van der Waals surface area contributed by atoms with E-state index in [1.54, 1.807) is 69.4 Å². The van der Waals surface area contributed by atoms with Crippen LogP contribution in [0.25, 0.3) is 5.65 Å². The molecule has 0 saturated heterocycles. The predicted molar refractivity (Wildman–Crippen MR) is 136 cm³/mol.